The first kappa shape index (κ1) is 31.4. The third kappa shape index (κ3) is 5.54. The Hall–Kier alpha value is -0.620. The molecule has 0 fully saturated rings. The van der Waals surface area contributed by atoms with E-state index in [4.69, 9.17) is 5.11 Å². The van der Waals surface area contributed by atoms with Crippen LogP contribution in [0.25, 0.3) is 0 Å². The van der Waals surface area contributed by atoms with Crippen LogP contribution in [-0.2, 0) is 0 Å². The molecule has 0 spiro atoms. The number of alkyl halides is 15. The summed E-state index contributed by atoms with van der Waals surface area (Å²) in [5.74, 6) is -46.4. The minimum atomic E-state index is -8.27. The molecule has 0 aliphatic heterocycles. The predicted octanol–water partition coefficient (Wildman–Crippen LogP) is 7.62. The highest BCUT2D eigenvalue weighted by molar-refractivity contribution is 14.1. The van der Waals surface area contributed by atoms with Crippen LogP contribution in [0.15, 0.2) is 9.66 Å². The first-order chi connectivity index (χ1) is 14.0. The molecule has 0 saturated heterocycles. The summed E-state index contributed by atoms with van der Waals surface area (Å²) in [5.41, 5.74) is 0. The van der Waals surface area contributed by atoms with Crippen LogP contribution in [0.2, 0.25) is 0 Å². The lowest BCUT2D eigenvalue weighted by molar-refractivity contribution is -0.449. The molecular weight excluding hydrogens is 608 g/mol. The van der Waals surface area contributed by atoms with Gasteiger partial charge in [0.2, 0.25) is 0 Å². The molecule has 0 saturated carbocycles. The fourth-order valence-corrected chi connectivity index (χ4v) is 2.87. The smallest absolute Gasteiger partial charge is 0.396 e. The highest BCUT2D eigenvalue weighted by Gasteiger charge is 2.93. The van der Waals surface area contributed by atoms with Gasteiger partial charge in [0.1, 0.15) is 0 Å². The van der Waals surface area contributed by atoms with E-state index in [1.807, 2.05) is 0 Å². The summed E-state index contributed by atoms with van der Waals surface area (Å²) in [7, 11) is 0. The van der Waals surface area contributed by atoms with Crippen molar-refractivity contribution < 1.29 is 71.0 Å². The Bertz CT molecular complexity index is 654. The molecule has 0 aromatic carbocycles. The lowest BCUT2D eigenvalue weighted by Crippen LogP contribution is -2.72. The van der Waals surface area contributed by atoms with Crippen LogP contribution < -0.4 is 0 Å². The Kier molecular flexibility index (Phi) is 9.74. The molecule has 0 unspecified atom stereocenters. The lowest BCUT2D eigenvalue weighted by Gasteiger charge is -2.41. The van der Waals surface area contributed by atoms with Gasteiger partial charge < -0.3 is 5.11 Å². The fourth-order valence-electron chi connectivity index (χ4n) is 2.10. The van der Waals surface area contributed by atoms with Gasteiger partial charge in [-0.1, -0.05) is 12.8 Å². The van der Waals surface area contributed by atoms with E-state index >= 15 is 0 Å². The van der Waals surface area contributed by atoms with E-state index in [-0.39, 0.29) is 25.9 Å². The van der Waals surface area contributed by atoms with Crippen molar-refractivity contribution in [1.82, 2.24) is 0 Å². The van der Waals surface area contributed by atoms with Crippen molar-refractivity contribution in [2.24, 2.45) is 0 Å². The van der Waals surface area contributed by atoms with Crippen LogP contribution in [0.1, 0.15) is 32.1 Å². The zero-order valence-corrected chi connectivity index (χ0v) is 17.5. The predicted molar refractivity (Wildman–Crippen MR) is 88.0 cm³/mol. The summed E-state index contributed by atoms with van der Waals surface area (Å²) < 4.78 is 195. The average molecular weight is 622 g/mol. The molecule has 17 heteroatoms. The summed E-state index contributed by atoms with van der Waals surface area (Å²) in [6.07, 6.45) is -8.34. The van der Waals surface area contributed by atoms with Gasteiger partial charge >= 0.3 is 41.7 Å². The lowest BCUT2D eigenvalue weighted by atomic mass is 9.91. The topological polar surface area (TPSA) is 20.2 Å². The molecular formula is C15H14F15IO. The molecule has 1 nitrogen and oxygen atoms in total. The Balaban J connectivity index is 6.07. The van der Waals surface area contributed by atoms with Gasteiger partial charge in [-0.25, -0.2) is 0 Å². The van der Waals surface area contributed by atoms with Crippen molar-refractivity contribution in [3.63, 3.8) is 0 Å². The minimum absolute atomic E-state index is 0.0428. The number of unbranched alkanes of at least 4 members (excludes halogenated alkanes) is 3. The number of aliphatic hydroxyl groups is 1. The van der Waals surface area contributed by atoms with Crippen LogP contribution >= 0.6 is 22.6 Å². The highest BCUT2D eigenvalue weighted by atomic mass is 127. The molecule has 0 heterocycles. The molecule has 0 rings (SSSR count). The second kappa shape index (κ2) is 9.93. The molecule has 0 aliphatic rings. The number of allylic oxidation sites excluding steroid dienone is 2. The summed E-state index contributed by atoms with van der Waals surface area (Å²) in [6.45, 7) is -0.238. The Morgan fingerprint density at radius 1 is 0.562 bits per heavy atom. The molecule has 0 atom stereocenters. The SMILES string of the molecule is OCCCCCCC(I)=CC(F)(F)C(F)(F)C(F)(F)C(F)(F)C(F)(F)C(F)(F)C(F)(F)F. The van der Waals surface area contributed by atoms with E-state index in [0.29, 0.717) is 6.42 Å². The molecule has 0 aromatic rings. The average Bonchev–Trinajstić information content (AvgIpc) is 2.59. The van der Waals surface area contributed by atoms with Crippen LogP contribution in [0.4, 0.5) is 65.9 Å². The van der Waals surface area contributed by atoms with Crippen LogP contribution in [0.3, 0.4) is 0 Å². The van der Waals surface area contributed by atoms with Crippen LogP contribution in [0, 0.1) is 0 Å². The molecule has 0 aromatic heterocycles. The molecule has 0 radical (unpaired) electrons. The van der Waals surface area contributed by atoms with Gasteiger partial charge in [0.25, 0.3) is 0 Å². The van der Waals surface area contributed by atoms with Gasteiger partial charge in [-0.15, -0.1) is 0 Å². The normalized spacial score (nSPS) is 16.0. The third-order valence-electron chi connectivity index (χ3n) is 4.01. The van der Waals surface area contributed by atoms with Gasteiger partial charge in [0, 0.05) is 12.7 Å². The third-order valence-corrected chi connectivity index (χ3v) is 4.86. The van der Waals surface area contributed by atoms with E-state index < -0.39 is 57.8 Å². The standard InChI is InChI=1S/C15H14F15IO/c16-9(17,7-8(31)5-3-1-2-4-6-32)10(18,19)11(20,21)12(22,23)13(24,25)14(26,27)15(28,29)30/h7,32H,1-6H2. The monoisotopic (exact) mass is 622 g/mol. The second-order valence-corrected chi connectivity index (χ2v) is 7.86. The maximum atomic E-state index is 13.7. The zero-order valence-electron chi connectivity index (χ0n) is 15.3. The van der Waals surface area contributed by atoms with Gasteiger partial charge in [-0.05, 0) is 45.4 Å². The quantitative estimate of drug-likeness (QED) is 0.135. The summed E-state index contributed by atoms with van der Waals surface area (Å²) in [4.78, 5) is 0. The van der Waals surface area contributed by atoms with Gasteiger partial charge in [-0.3, -0.25) is 0 Å². The van der Waals surface area contributed by atoms with Gasteiger partial charge in [0.15, 0.2) is 0 Å². The van der Waals surface area contributed by atoms with Crippen molar-refractivity contribution in [3.8, 4) is 0 Å². The maximum absolute atomic E-state index is 13.7. The fraction of sp³-hybridized carbons (Fsp3) is 0.867. The molecule has 0 aliphatic carbocycles. The molecule has 32 heavy (non-hydrogen) atoms. The van der Waals surface area contributed by atoms with E-state index in [9.17, 15) is 65.9 Å². The Labute approximate surface area is 184 Å². The van der Waals surface area contributed by atoms with E-state index in [1.165, 1.54) is 0 Å². The number of aliphatic hydroxyl groups excluding tert-OH is 1. The van der Waals surface area contributed by atoms with Crippen molar-refractivity contribution >= 4 is 22.6 Å². The number of rotatable bonds is 12. The highest BCUT2D eigenvalue weighted by Crippen LogP contribution is 2.62. The Morgan fingerprint density at radius 3 is 1.34 bits per heavy atom. The van der Waals surface area contributed by atoms with Gasteiger partial charge in [0.05, 0.1) is 0 Å². The van der Waals surface area contributed by atoms with E-state index in [1.54, 1.807) is 0 Å². The van der Waals surface area contributed by atoms with Crippen molar-refractivity contribution in [3.05, 3.63) is 9.66 Å². The zero-order chi connectivity index (χ0) is 26.0. The Morgan fingerprint density at radius 2 is 0.938 bits per heavy atom. The first-order valence-corrected chi connectivity index (χ1v) is 9.35. The van der Waals surface area contributed by atoms with E-state index in [2.05, 4.69) is 0 Å². The van der Waals surface area contributed by atoms with E-state index in [0.717, 1.165) is 22.6 Å². The summed E-state index contributed by atoms with van der Waals surface area (Å²) in [6, 6.07) is 0. The maximum Gasteiger partial charge on any atom is 0.460 e. The van der Waals surface area contributed by atoms with Crippen molar-refractivity contribution in [2.75, 3.05) is 6.61 Å². The van der Waals surface area contributed by atoms with Gasteiger partial charge in [-0.2, -0.15) is 65.9 Å². The largest absolute Gasteiger partial charge is 0.460 e. The number of hydrogen-bond donors (Lipinski definition) is 1. The van der Waals surface area contributed by atoms with Crippen molar-refractivity contribution in [2.45, 2.75) is 73.8 Å². The minimum Gasteiger partial charge on any atom is -0.396 e. The van der Waals surface area contributed by atoms with Crippen LogP contribution in [-0.4, -0.2) is 53.4 Å². The first-order valence-electron chi connectivity index (χ1n) is 8.27. The molecule has 0 amide bonds. The molecule has 0 bridgehead atoms. The summed E-state index contributed by atoms with van der Waals surface area (Å²) >= 11 is 0.906. The number of hydrogen-bond acceptors (Lipinski definition) is 1. The second-order valence-electron chi connectivity index (χ2n) is 6.47. The summed E-state index contributed by atoms with van der Waals surface area (Å²) in [5, 5.41) is 8.52. The molecule has 192 valence electrons. The number of halogens is 16. The van der Waals surface area contributed by atoms with Crippen LogP contribution in [0.5, 0.6) is 0 Å². The molecule has 1 N–H and O–H groups in total. The van der Waals surface area contributed by atoms with Crippen molar-refractivity contribution in [1.29, 1.82) is 0 Å².